The highest BCUT2D eigenvalue weighted by atomic mass is 79.9. The first-order chi connectivity index (χ1) is 10.6. The second-order valence-electron chi connectivity index (χ2n) is 4.93. The van der Waals surface area contributed by atoms with Gasteiger partial charge in [0.2, 0.25) is 0 Å². The fourth-order valence-corrected chi connectivity index (χ4v) is 3.84. The number of Topliss-reactive ketones (excluding diaryl/α,β-unsaturated/α-hetero) is 1. The monoisotopic (exact) mass is 462 g/mol. The lowest BCUT2D eigenvalue weighted by Gasteiger charge is -2.20. The largest absolute Gasteiger partial charge is 0.298 e. The second kappa shape index (κ2) is 8.49. The van der Waals surface area contributed by atoms with Crippen molar-refractivity contribution in [3.8, 4) is 0 Å². The number of benzene rings is 2. The van der Waals surface area contributed by atoms with Gasteiger partial charge in [-0.1, -0.05) is 56.1 Å². The van der Waals surface area contributed by atoms with Crippen LogP contribution in [-0.2, 0) is 4.79 Å². The summed E-state index contributed by atoms with van der Waals surface area (Å²) in [6.07, 6.45) is 0. The zero-order chi connectivity index (χ0) is 16.1. The van der Waals surface area contributed by atoms with Crippen molar-refractivity contribution in [2.45, 2.75) is 11.8 Å². The number of carbonyl (C=O) groups excluding carboxylic acids is 1. The van der Waals surface area contributed by atoms with E-state index in [9.17, 15) is 4.79 Å². The van der Waals surface area contributed by atoms with Gasteiger partial charge in [-0.2, -0.15) is 0 Å². The molecule has 0 aliphatic heterocycles. The minimum atomic E-state index is -0.373. The Kier molecular flexibility index (Phi) is 6.94. The predicted octanol–water partition coefficient (Wildman–Crippen LogP) is 6.13. The Labute approximate surface area is 157 Å². The maximum atomic E-state index is 12.9. The van der Waals surface area contributed by atoms with Crippen LogP contribution in [0.2, 0.25) is 0 Å². The molecule has 0 saturated carbocycles. The molecule has 5 heteroatoms. The summed E-state index contributed by atoms with van der Waals surface area (Å²) in [5.74, 6) is -0.238. The van der Waals surface area contributed by atoms with Crippen LogP contribution < -0.4 is 0 Å². The molecule has 0 aromatic heterocycles. The number of alkyl halides is 2. The molecule has 0 heterocycles. The van der Waals surface area contributed by atoms with Crippen molar-refractivity contribution >= 4 is 60.8 Å². The van der Waals surface area contributed by atoms with Gasteiger partial charge < -0.3 is 0 Å². The van der Waals surface area contributed by atoms with Gasteiger partial charge >= 0.3 is 0 Å². The third kappa shape index (κ3) is 4.35. The molecule has 0 fully saturated rings. The van der Waals surface area contributed by atoms with Gasteiger partial charge in [0, 0.05) is 20.7 Å². The van der Waals surface area contributed by atoms with Crippen LogP contribution in [0.5, 0.6) is 0 Å². The quantitative estimate of drug-likeness (QED) is 0.470. The zero-order valence-corrected chi connectivity index (χ0v) is 16.3. The van der Waals surface area contributed by atoms with Crippen molar-refractivity contribution in [3.05, 3.63) is 68.6 Å². The average molecular weight is 465 g/mol. The van der Waals surface area contributed by atoms with Gasteiger partial charge in [-0.3, -0.25) is 4.79 Å². The van der Waals surface area contributed by atoms with Crippen molar-refractivity contribution in [2.24, 2.45) is 0 Å². The molecule has 0 saturated heterocycles. The van der Waals surface area contributed by atoms with E-state index in [4.69, 9.17) is 23.2 Å². The number of hydrogen-bond acceptors (Lipinski definition) is 1. The summed E-state index contributed by atoms with van der Waals surface area (Å²) in [5, 5.41) is 0. The molecule has 0 aliphatic carbocycles. The number of rotatable bonds is 6. The van der Waals surface area contributed by atoms with Gasteiger partial charge in [0.05, 0.1) is 11.8 Å². The number of ketones is 1. The zero-order valence-electron chi connectivity index (χ0n) is 11.6. The molecule has 2 aromatic rings. The Morgan fingerprint density at radius 1 is 0.864 bits per heavy atom. The van der Waals surface area contributed by atoms with E-state index in [0.717, 1.165) is 20.1 Å². The number of hydrogen-bond donors (Lipinski definition) is 0. The van der Waals surface area contributed by atoms with Gasteiger partial charge in [0.15, 0.2) is 0 Å². The molecule has 116 valence electrons. The molecule has 0 aliphatic rings. The first-order valence-electron chi connectivity index (χ1n) is 6.73. The maximum absolute atomic E-state index is 12.9. The SMILES string of the molecule is O=C(C(CCl)c1cccc(Br)c1)C(CCl)c1cccc(Br)c1. The van der Waals surface area contributed by atoms with E-state index in [1.807, 2.05) is 48.5 Å². The highest BCUT2D eigenvalue weighted by molar-refractivity contribution is 9.10. The second-order valence-corrected chi connectivity index (χ2v) is 7.37. The van der Waals surface area contributed by atoms with Gasteiger partial charge in [0.1, 0.15) is 5.78 Å². The van der Waals surface area contributed by atoms with Crippen LogP contribution in [0.4, 0.5) is 0 Å². The van der Waals surface area contributed by atoms with Crippen LogP contribution in [0.3, 0.4) is 0 Å². The molecule has 0 bridgehead atoms. The fourth-order valence-electron chi connectivity index (χ4n) is 2.35. The predicted molar refractivity (Wildman–Crippen MR) is 100 cm³/mol. The Hall–Kier alpha value is -0.350. The normalized spacial score (nSPS) is 13.6. The number of halogens is 4. The minimum absolute atomic E-state index is 0.0428. The van der Waals surface area contributed by atoms with Crippen LogP contribution in [-0.4, -0.2) is 17.5 Å². The van der Waals surface area contributed by atoms with Crippen LogP contribution in [0.1, 0.15) is 23.0 Å². The maximum Gasteiger partial charge on any atom is 0.150 e. The van der Waals surface area contributed by atoms with Gasteiger partial charge in [-0.15, -0.1) is 23.2 Å². The van der Waals surface area contributed by atoms with Crippen molar-refractivity contribution in [1.29, 1.82) is 0 Å². The third-order valence-corrected chi connectivity index (χ3v) is 5.10. The summed E-state index contributed by atoms with van der Waals surface area (Å²) in [7, 11) is 0. The first kappa shape index (κ1) is 18.0. The molecule has 2 aromatic carbocycles. The molecule has 2 atom stereocenters. The summed E-state index contributed by atoms with van der Waals surface area (Å²) >= 11 is 19.0. The van der Waals surface area contributed by atoms with E-state index >= 15 is 0 Å². The number of carbonyl (C=O) groups is 1. The standard InChI is InChI=1S/C17H14Br2Cl2O/c18-13-5-1-3-11(7-13)15(9-20)17(22)16(10-21)12-4-2-6-14(19)8-12/h1-8,15-16H,9-10H2. The van der Waals surface area contributed by atoms with E-state index in [-0.39, 0.29) is 29.4 Å². The minimum Gasteiger partial charge on any atom is -0.298 e. The molecule has 2 rings (SSSR count). The molecule has 1 nitrogen and oxygen atoms in total. The lowest BCUT2D eigenvalue weighted by atomic mass is 9.85. The van der Waals surface area contributed by atoms with Gasteiger partial charge in [-0.25, -0.2) is 0 Å². The Morgan fingerprint density at radius 3 is 1.59 bits per heavy atom. The van der Waals surface area contributed by atoms with Crippen molar-refractivity contribution in [3.63, 3.8) is 0 Å². The van der Waals surface area contributed by atoms with Crippen molar-refractivity contribution in [1.82, 2.24) is 0 Å². The molecule has 22 heavy (non-hydrogen) atoms. The highest BCUT2D eigenvalue weighted by Gasteiger charge is 2.28. The molecule has 0 N–H and O–H groups in total. The summed E-state index contributed by atoms with van der Waals surface area (Å²) in [6, 6.07) is 15.3. The van der Waals surface area contributed by atoms with E-state index in [1.165, 1.54) is 0 Å². The van der Waals surface area contributed by atoms with Crippen molar-refractivity contribution < 1.29 is 4.79 Å². The Bertz CT molecular complexity index is 605. The average Bonchev–Trinajstić information content (AvgIpc) is 2.49. The van der Waals surface area contributed by atoms with Crippen LogP contribution in [0, 0.1) is 0 Å². The highest BCUT2D eigenvalue weighted by Crippen LogP contribution is 2.31. The Balaban J connectivity index is 2.33. The van der Waals surface area contributed by atoms with E-state index in [1.54, 1.807) is 0 Å². The van der Waals surface area contributed by atoms with Crippen LogP contribution >= 0.6 is 55.1 Å². The van der Waals surface area contributed by atoms with Crippen molar-refractivity contribution in [2.75, 3.05) is 11.8 Å². The van der Waals surface area contributed by atoms with E-state index in [2.05, 4.69) is 31.9 Å². The fraction of sp³-hybridized carbons (Fsp3) is 0.235. The van der Waals surface area contributed by atoms with Crippen LogP contribution in [0.15, 0.2) is 57.5 Å². The van der Waals surface area contributed by atoms with E-state index < -0.39 is 0 Å². The summed E-state index contributed by atoms with van der Waals surface area (Å²) in [6.45, 7) is 0. The third-order valence-electron chi connectivity index (χ3n) is 3.50. The summed E-state index contributed by atoms with van der Waals surface area (Å²) in [4.78, 5) is 12.9. The molecular formula is C17H14Br2Cl2O. The molecular weight excluding hydrogens is 451 g/mol. The molecule has 0 radical (unpaired) electrons. The topological polar surface area (TPSA) is 17.1 Å². The van der Waals surface area contributed by atoms with E-state index in [0.29, 0.717) is 0 Å². The molecule has 2 unspecified atom stereocenters. The smallest absolute Gasteiger partial charge is 0.150 e. The van der Waals surface area contributed by atoms with Crippen LogP contribution in [0.25, 0.3) is 0 Å². The van der Waals surface area contributed by atoms with Gasteiger partial charge in [-0.05, 0) is 35.4 Å². The lowest BCUT2D eigenvalue weighted by Crippen LogP contribution is -2.23. The first-order valence-corrected chi connectivity index (χ1v) is 9.39. The summed E-state index contributed by atoms with van der Waals surface area (Å²) in [5.41, 5.74) is 1.80. The Morgan fingerprint density at radius 2 is 1.27 bits per heavy atom. The molecule has 0 spiro atoms. The van der Waals surface area contributed by atoms with Gasteiger partial charge in [0.25, 0.3) is 0 Å². The molecule has 0 amide bonds. The summed E-state index contributed by atoms with van der Waals surface area (Å²) < 4.78 is 1.86. The lowest BCUT2D eigenvalue weighted by molar-refractivity contribution is -0.121.